The molecule has 0 fully saturated rings. The minimum Gasteiger partial charge on any atom is -0.496 e. The first-order valence-corrected chi connectivity index (χ1v) is 11.4. The van der Waals surface area contributed by atoms with Crippen molar-refractivity contribution >= 4 is 40.1 Å². The van der Waals surface area contributed by atoms with E-state index in [-0.39, 0.29) is 5.12 Å². The summed E-state index contributed by atoms with van der Waals surface area (Å²) in [5.74, 6) is 2.28. The van der Waals surface area contributed by atoms with Gasteiger partial charge in [0.15, 0.2) is 5.88 Å². The Balaban J connectivity index is 1.67. The zero-order valence-corrected chi connectivity index (χ0v) is 19.8. The summed E-state index contributed by atoms with van der Waals surface area (Å²) >= 11 is 7.23. The summed E-state index contributed by atoms with van der Waals surface area (Å²) in [7, 11) is 3.35. The van der Waals surface area contributed by atoms with E-state index in [0.29, 0.717) is 22.4 Å². The van der Waals surface area contributed by atoms with Gasteiger partial charge in [-0.2, -0.15) is 0 Å². The maximum atomic E-state index is 13.1. The summed E-state index contributed by atoms with van der Waals surface area (Å²) in [6.45, 7) is 4.14. The molecule has 1 unspecified atom stereocenters. The Labute approximate surface area is 195 Å². The molecule has 1 aliphatic carbocycles. The zero-order valence-electron chi connectivity index (χ0n) is 18.2. The minimum absolute atomic E-state index is 0.0973. The number of nitrogens with zero attached hydrogens (tertiary/aromatic N) is 3. The highest BCUT2D eigenvalue weighted by molar-refractivity contribution is 8.14. The Morgan fingerprint density at radius 2 is 2.06 bits per heavy atom. The molecule has 2 aromatic rings. The lowest BCUT2D eigenvalue weighted by Crippen LogP contribution is -2.48. The lowest BCUT2D eigenvalue weighted by molar-refractivity contribution is 0.108. The van der Waals surface area contributed by atoms with Gasteiger partial charge in [0.1, 0.15) is 16.3 Å². The third kappa shape index (κ3) is 2.88. The van der Waals surface area contributed by atoms with Gasteiger partial charge in [0, 0.05) is 22.6 Å². The molecule has 5 rings (SSSR count). The van der Waals surface area contributed by atoms with Crippen molar-refractivity contribution in [2.45, 2.75) is 30.8 Å². The van der Waals surface area contributed by atoms with E-state index < -0.39 is 5.54 Å². The second kappa shape index (κ2) is 7.60. The van der Waals surface area contributed by atoms with Crippen LogP contribution in [0.4, 0.5) is 5.95 Å². The van der Waals surface area contributed by atoms with E-state index in [4.69, 9.17) is 26.1 Å². The summed E-state index contributed by atoms with van der Waals surface area (Å²) in [6, 6.07) is 6.97. The summed E-state index contributed by atoms with van der Waals surface area (Å²) in [6.07, 6.45) is 8.57. The molecule has 6 nitrogen and oxygen atoms in total. The van der Waals surface area contributed by atoms with E-state index in [1.807, 2.05) is 12.2 Å². The fourth-order valence-electron chi connectivity index (χ4n) is 4.94. The topological polar surface area (TPSA) is 56.6 Å². The van der Waals surface area contributed by atoms with Crippen LogP contribution in [0.3, 0.4) is 0 Å². The van der Waals surface area contributed by atoms with Crippen molar-refractivity contribution in [3.63, 3.8) is 0 Å². The van der Waals surface area contributed by atoms with Crippen LogP contribution >= 0.6 is 23.4 Å². The summed E-state index contributed by atoms with van der Waals surface area (Å²) < 4.78 is 13.5. The first-order chi connectivity index (χ1) is 15.4. The highest BCUT2D eigenvalue weighted by Crippen LogP contribution is 2.55. The number of hydrogen-bond acceptors (Lipinski definition) is 6. The fourth-order valence-corrected chi connectivity index (χ4v) is 5.93. The third-order valence-corrected chi connectivity index (χ3v) is 7.22. The molecule has 3 heterocycles. The molecule has 164 valence electrons. The van der Waals surface area contributed by atoms with Crippen LogP contribution < -0.4 is 4.90 Å². The largest absolute Gasteiger partial charge is 0.496 e. The smallest absolute Gasteiger partial charge is 0.225 e. The maximum absolute atomic E-state index is 13.1. The van der Waals surface area contributed by atoms with Crippen molar-refractivity contribution in [1.82, 2.24) is 9.55 Å². The number of halogens is 1. The molecule has 0 bridgehead atoms. The molecule has 0 amide bonds. The van der Waals surface area contributed by atoms with E-state index >= 15 is 0 Å². The number of carbonyl (C=O) groups excluding carboxylic acids is 1. The zero-order chi connectivity index (χ0) is 22.6. The Morgan fingerprint density at radius 1 is 1.25 bits per heavy atom. The molecule has 3 aliphatic rings. The Kier molecular flexibility index (Phi) is 4.98. The lowest BCUT2D eigenvalue weighted by Gasteiger charge is -2.42. The second-order valence-electron chi connectivity index (χ2n) is 7.92. The van der Waals surface area contributed by atoms with E-state index in [9.17, 15) is 4.79 Å². The molecule has 1 aromatic heterocycles. The van der Waals surface area contributed by atoms with Gasteiger partial charge in [-0.25, -0.2) is 4.98 Å². The predicted octanol–water partition coefficient (Wildman–Crippen LogP) is 5.64. The number of methoxy groups -OCH3 is 2. The number of ether oxygens (including phenoxy) is 2. The third-order valence-electron chi connectivity index (χ3n) is 6.06. The van der Waals surface area contributed by atoms with Gasteiger partial charge in [-0.1, -0.05) is 35.9 Å². The summed E-state index contributed by atoms with van der Waals surface area (Å²) in [5, 5.41) is 1.16. The van der Waals surface area contributed by atoms with Gasteiger partial charge in [-0.3, -0.25) is 14.3 Å². The number of allylic oxidation sites excluding steroid dienone is 3. The molecular formula is C24H22ClN3O3S. The van der Waals surface area contributed by atoms with Gasteiger partial charge in [0.05, 0.1) is 26.1 Å². The number of carbonyl (C=O) groups is 1. The van der Waals surface area contributed by atoms with Gasteiger partial charge < -0.3 is 9.47 Å². The van der Waals surface area contributed by atoms with Crippen molar-refractivity contribution in [2.24, 2.45) is 0 Å². The molecule has 0 N–H and O–H groups in total. The van der Waals surface area contributed by atoms with Gasteiger partial charge in [0.25, 0.3) is 0 Å². The molecule has 0 saturated carbocycles. The standard InChI is InChI=1S/C24H22ClN3O3S/c1-14-12-24-10-6-9-18(30-3)28(24)23-26-13-19(27(23)21(24)15(2)20(14)31-4)32-22(29)16-7-5-8-17(25)11-16/h5-11,13H,12H2,1-4H3. The van der Waals surface area contributed by atoms with Crippen LogP contribution in [0.15, 0.2) is 76.5 Å². The molecule has 2 aliphatic heterocycles. The monoisotopic (exact) mass is 467 g/mol. The van der Waals surface area contributed by atoms with Crippen molar-refractivity contribution in [2.75, 3.05) is 19.1 Å². The Morgan fingerprint density at radius 3 is 2.78 bits per heavy atom. The van der Waals surface area contributed by atoms with Gasteiger partial charge in [0.2, 0.25) is 11.1 Å². The Hall–Kier alpha value is -2.90. The number of thioether (sulfide) groups is 1. The molecule has 1 atom stereocenters. The van der Waals surface area contributed by atoms with Crippen LogP contribution in [0.25, 0.3) is 5.70 Å². The molecular weight excluding hydrogens is 446 g/mol. The number of fused-ring (bicyclic) bond motifs is 3. The highest BCUT2D eigenvalue weighted by Gasteiger charge is 2.54. The van der Waals surface area contributed by atoms with Crippen molar-refractivity contribution in [3.8, 4) is 0 Å². The maximum Gasteiger partial charge on any atom is 0.225 e. The van der Waals surface area contributed by atoms with Gasteiger partial charge >= 0.3 is 0 Å². The van der Waals surface area contributed by atoms with E-state index in [1.54, 1.807) is 44.7 Å². The minimum atomic E-state index is -0.492. The van der Waals surface area contributed by atoms with Crippen molar-refractivity contribution in [3.05, 3.63) is 82.1 Å². The van der Waals surface area contributed by atoms with Crippen LogP contribution in [-0.2, 0) is 9.47 Å². The van der Waals surface area contributed by atoms with Crippen molar-refractivity contribution in [1.29, 1.82) is 0 Å². The number of rotatable bonds is 4. The van der Waals surface area contributed by atoms with Crippen LogP contribution in [0.5, 0.6) is 0 Å². The number of hydrogen-bond donors (Lipinski definition) is 0. The molecule has 0 radical (unpaired) electrons. The van der Waals surface area contributed by atoms with Crippen LogP contribution in [0, 0.1) is 0 Å². The molecule has 32 heavy (non-hydrogen) atoms. The summed E-state index contributed by atoms with van der Waals surface area (Å²) in [5.41, 5.74) is 3.23. The molecule has 8 heteroatoms. The number of benzene rings is 1. The first-order valence-electron chi connectivity index (χ1n) is 10.2. The highest BCUT2D eigenvalue weighted by atomic mass is 35.5. The number of aromatic nitrogens is 2. The quantitative estimate of drug-likeness (QED) is 0.542. The van der Waals surface area contributed by atoms with Gasteiger partial charge in [-0.15, -0.1) is 0 Å². The first kappa shape index (κ1) is 21.0. The normalized spacial score (nSPS) is 21.3. The molecule has 1 aromatic carbocycles. The van der Waals surface area contributed by atoms with E-state index in [0.717, 1.165) is 45.8 Å². The Bertz CT molecular complexity index is 1270. The predicted molar refractivity (Wildman–Crippen MR) is 127 cm³/mol. The SMILES string of the molecule is COC1=CC=CC23CC(C)=C(OC)C(C)=C2n2c(SC(=O)c4cccc(Cl)c4)cnc2N13. The average molecular weight is 468 g/mol. The van der Waals surface area contributed by atoms with Gasteiger partial charge in [-0.05, 0) is 49.4 Å². The molecule has 1 spiro atoms. The van der Waals surface area contributed by atoms with Crippen LogP contribution in [-0.4, -0.2) is 34.4 Å². The lowest BCUT2D eigenvalue weighted by atomic mass is 9.78. The summed E-state index contributed by atoms with van der Waals surface area (Å²) in [4.78, 5) is 19.9. The fraction of sp³-hybridized carbons (Fsp3) is 0.250. The number of imidazole rings is 1. The van der Waals surface area contributed by atoms with Crippen LogP contribution in [0.2, 0.25) is 5.02 Å². The van der Waals surface area contributed by atoms with Crippen LogP contribution in [0.1, 0.15) is 30.6 Å². The second-order valence-corrected chi connectivity index (χ2v) is 9.35. The van der Waals surface area contributed by atoms with E-state index in [1.165, 1.54) is 0 Å². The van der Waals surface area contributed by atoms with E-state index in [2.05, 4.69) is 29.4 Å². The number of anilines is 1. The van der Waals surface area contributed by atoms with Crippen molar-refractivity contribution < 1.29 is 14.3 Å². The molecule has 0 saturated heterocycles. The average Bonchev–Trinajstić information content (AvgIpc) is 3.29.